The van der Waals surface area contributed by atoms with Crippen molar-refractivity contribution < 1.29 is 4.79 Å². The van der Waals surface area contributed by atoms with E-state index in [1.54, 1.807) is 6.20 Å². The Morgan fingerprint density at radius 1 is 1.63 bits per heavy atom. The number of carbonyl (C=O) groups is 1. The maximum atomic E-state index is 12.1. The lowest BCUT2D eigenvalue weighted by atomic mass is 10.2. The van der Waals surface area contributed by atoms with Crippen LogP contribution in [0, 0.1) is 0 Å². The Bertz CT molecular complexity index is 587. The van der Waals surface area contributed by atoms with E-state index < -0.39 is 0 Å². The lowest BCUT2D eigenvalue weighted by Gasteiger charge is -2.10. The van der Waals surface area contributed by atoms with Gasteiger partial charge in [-0.1, -0.05) is 0 Å². The van der Waals surface area contributed by atoms with Gasteiger partial charge in [0.15, 0.2) is 5.69 Å². The second-order valence-electron chi connectivity index (χ2n) is 4.74. The first-order valence-corrected chi connectivity index (χ1v) is 7.08. The zero-order valence-corrected chi connectivity index (χ0v) is 11.3. The molecule has 4 N–H and O–H groups in total. The van der Waals surface area contributed by atoms with Gasteiger partial charge in [0.1, 0.15) is 5.01 Å². The third-order valence-electron chi connectivity index (χ3n) is 3.20. The molecule has 0 bridgehead atoms. The van der Waals surface area contributed by atoms with E-state index in [1.165, 1.54) is 11.3 Å². The molecular weight excluding hydrogens is 262 g/mol. The van der Waals surface area contributed by atoms with Crippen molar-refractivity contribution in [3.63, 3.8) is 0 Å². The van der Waals surface area contributed by atoms with Gasteiger partial charge in [-0.15, -0.1) is 11.3 Å². The molecule has 2 aromatic rings. The Labute approximate surface area is 114 Å². The minimum Gasteiger partial charge on any atom is -0.395 e. The van der Waals surface area contributed by atoms with Gasteiger partial charge >= 0.3 is 0 Å². The molecule has 0 aliphatic heterocycles. The molecule has 0 saturated heterocycles. The lowest BCUT2D eigenvalue weighted by Crippen LogP contribution is -2.27. The van der Waals surface area contributed by atoms with Crippen LogP contribution in [0.5, 0.6) is 0 Å². The lowest BCUT2D eigenvalue weighted by molar-refractivity contribution is 0.0935. The molecule has 2 aromatic heterocycles. The van der Waals surface area contributed by atoms with Gasteiger partial charge in [-0.3, -0.25) is 9.89 Å². The number of H-pyrrole nitrogens is 1. The molecule has 1 amide bonds. The van der Waals surface area contributed by atoms with Crippen molar-refractivity contribution in [2.24, 2.45) is 0 Å². The molecule has 7 heteroatoms. The van der Waals surface area contributed by atoms with Gasteiger partial charge in [0, 0.05) is 17.5 Å². The second-order valence-corrected chi connectivity index (χ2v) is 5.67. The molecule has 2 heterocycles. The maximum absolute atomic E-state index is 12.1. The van der Waals surface area contributed by atoms with Gasteiger partial charge in [0.2, 0.25) is 0 Å². The molecule has 3 rings (SSSR count). The summed E-state index contributed by atoms with van der Waals surface area (Å²) in [5.41, 5.74) is 7.63. The topological polar surface area (TPSA) is 96.7 Å². The van der Waals surface area contributed by atoms with Crippen molar-refractivity contribution in [3.05, 3.63) is 28.0 Å². The van der Waals surface area contributed by atoms with Crippen LogP contribution >= 0.6 is 11.3 Å². The van der Waals surface area contributed by atoms with E-state index in [2.05, 4.69) is 20.5 Å². The Balaban J connectivity index is 1.73. The number of amides is 1. The third kappa shape index (κ3) is 2.33. The van der Waals surface area contributed by atoms with Crippen molar-refractivity contribution in [1.82, 2.24) is 20.5 Å². The summed E-state index contributed by atoms with van der Waals surface area (Å²) in [6.07, 6.45) is 3.95. The van der Waals surface area contributed by atoms with Gasteiger partial charge in [-0.25, -0.2) is 4.98 Å². The quantitative estimate of drug-likeness (QED) is 0.794. The summed E-state index contributed by atoms with van der Waals surface area (Å²) in [5.74, 6) is 0.189. The van der Waals surface area contributed by atoms with Crippen LogP contribution in [0.2, 0.25) is 0 Å². The first-order valence-electron chi connectivity index (χ1n) is 6.20. The number of rotatable bonds is 4. The number of nitrogen functional groups attached to an aromatic ring is 1. The fraction of sp³-hybridized carbons (Fsp3) is 0.417. The predicted octanol–water partition coefficient (Wildman–Crippen LogP) is 1.82. The summed E-state index contributed by atoms with van der Waals surface area (Å²) in [4.78, 5) is 16.3. The average molecular weight is 277 g/mol. The Kier molecular flexibility index (Phi) is 2.98. The molecule has 100 valence electrons. The highest BCUT2D eigenvalue weighted by atomic mass is 32.1. The summed E-state index contributed by atoms with van der Waals surface area (Å²) < 4.78 is 0. The number of nitrogens with one attached hydrogen (secondary N) is 2. The van der Waals surface area contributed by atoms with Crippen LogP contribution in [0.3, 0.4) is 0 Å². The van der Waals surface area contributed by atoms with Crippen molar-refractivity contribution in [2.75, 3.05) is 5.73 Å². The molecule has 0 spiro atoms. The zero-order chi connectivity index (χ0) is 13.4. The minimum atomic E-state index is -0.261. The number of thiazole rings is 1. The van der Waals surface area contributed by atoms with Crippen LogP contribution in [0.1, 0.15) is 52.9 Å². The van der Waals surface area contributed by atoms with Crippen molar-refractivity contribution in [3.8, 4) is 0 Å². The maximum Gasteiger partial charge on any atom is 0.274 e. The van der Waals surface area contributed by atoms with Gasteiger partial charge in [-0.2, -0.15) is 5.10 Å². The smallest absolute Gasteiger partial charge is 0.274 e. The fourth-order valence-electron chi connectivity index (χ4n) is 2.00. The molecule has 1 atom stereocenters. The molecule has 1 unspecified atom stereocenters. The van der Waals surface area contributed by atoms with Crippen molar-refractivity contribution >= 4 is 22.9 Å². The molecule has 19 heavy (non-hydrogen) atoms. The molecule has 0 radical (unpaired) electrons. The summed E-state index contributed by atoms with van der Waals surface area (Å²) in [7, 11) is 0. The van der Waals surface area contributed by atoms with E-state index in [9.17, 15) is 4.79 Å². The Morgan fingerprint density at radius 3 is 3.05 bits per heavy atom. The predicted molar refractivity (Wildman–Crippen MR) is 73.0 cm³/mol. The molecule has 1 aliphatic rings. The Morgan fingerprint density at radius 2 is 2.42 bits per heavy atom. The van der Waals surface area contributed by atoms with Crippen LogP contribution in [-0.4, -0.2) is 21.1 Å². The minimum absolute atomic E-state index is 0.145. The molecule has 1 fully saturated rings. The molecule has 6 nitrogen and oxygen atoms in total. The SMILES string of the molecule is CC(NC(=O)c1n[nH]c(C2CC2)c1N)c1nccs1. The van der Waals surface area contributed by atoms with Crippen LogP contribution in [0.15, 0.2) is 11.6 Å². The van der Waals surface area contributed by atoms with E-state index in [4.69, 9.17) is 5.73 Å². The van der Waals surface area contributed by atoms with E-state index in [0.29, 0.717) is 11.6 Å². The molecular formula is C12H15N5OS. The molecule has 1 aliphatic carbocycles. The Hall–Kier alpha value is -1.89. The first-order chi connectivity index (χ1) is 9.16. The van der Waals surface area contributed by atoms with Gasteiger partial charge in [0.05, 0.1) is 17.4 Å². The van der Waals surface area contributed by atoms with Crippen LogP contribution in [0.25, 0.3) is 0 Å². The molecule has 1 saturated carbocycles. The average Bonchev–Trinajstić information content (AvgIpc) is 2.92. The summed E-state index contributed by atoms with van der Waals surface area (Å²) >= 11 is 1.51. The number of nitrogens with two attached hydrogens (primary N) is 1. The highest BCUT2D eigenvalue weighted by Gasteiger charge is 2.30. The summed E-state index contributed by atoms with van der Waals surface area (Å²) in [6.45, 7) is 1.89. The first kappa shape index (κ1) is 12.2. The van der Waals surface area contributed by atoms with E-state index in [1.807, 2.05) is 12.3 Å². The zero-order valence-electron chi connectivity index (χ0n) is 10.5. The summed E-state index contributed by atoms with van der Waals surface area (Å²) in [6, 6.07) is -0.145. The van der Waals surface area contributed by atoms with Gasteiger partial charge in [0.25, 0.3) is 5.91 Å². The number of aromatic amines is 1. The van der Waals surface area contributed by atoms with Crippen LogP contribution < -0.4 is 11.1 Å². The van der Waals surface area contributed by atoms with E-state index in [-0.39, 0.29) is 17.6 Å². The van der Waals surface area contributed by atoms with Crippen LogP contribution in [-0.2, 0) is 0 Å². The number of hydrogen-bond acceptors (Lipinski definition) is 5. The standard InChI is InChI=1S/C12H15N5OS/c1-6(12-14-4-5-19-12)15-11(18)10-8(13)9(16-17-10)7-2-3-7/h4-7H,2-3,13H2,1H3,(H,15,18)(H,16,17). The van der Waals surface area contributed by atoms with Gasteiger partial charge < -0.3 is 11.1 Å². The molecule has 0 aromatic carbocycles. The summed E-state index contributed by atoms with van der Waals surface area (Å²) in [5, 5.41) is 12.5. The third-order valence-corrected chi connectivity index (χ3v) is 4.16. The normalized spacial score (nSPS) is 16.3. The van der Waals surface area contributed by atoms with E-state index in [0.717, 1.165) is 23.5 Å². The number of hydrogen-bond donors (Lipinski definition) is 3. The second kappa shape index (κ2) is 4.65. The van der Waals surface area contributed by atoms with Gasteiger partial charge in [-0.05, 0) is 19.8 Å². The van der Waals surface area contributed by atoms with Crippen molar-refractivity contribution in [1.29, 1.82) is 0 Å². The monoisotopic (exact) mass is 277 g/mol. The number of anilines is 1. The number of nitrogens with zero attached hydrogens (tertiary/aromatic N) is 2. The highest BCUT2D eigenvalue weighted by molar-refractivity contribution is 7.09. The van der Waals surface area contributed by atoms with Crippen molar-refractivity contribution in [2.45, 2.75) is 31.7 Å². The number of aromatic nitrogens is 3. The number of carbonyl (C=O) groups excluding carboxylic acids is 1. The van der Waals surface area contributed by atoms with E-state index >= 15 is 0 Å². The fourth-order valence-corrected chi connectivity index (χ4v) is 2.64. The largest absolute Gasteiger partial charge is 0.395 e. The highest BCUT2D eigenvalue weighted by Crippen LogP contribution is 2.42. The van der Waals surface area contributed by atoms with Crippen LogP contribution in [0.4, 0.5) is 5.69 Å².